The molecule has 134 valence electrons. The Morgan fingerprint density at radius 1 is 1.28 bits per heavy atom. The molecule has 25 heavy (non-hydrogen) atoms. The first kappa shape index (κ1) is 17.1. The molecule has 0 radical (unpaired) electrons. The minimum Gasteiger partial charge on any atom is -0.497 e. The Labute approximate surface area is 146 Å². The first-order valence-corrected chi connectivity index (χ1v) is 8.09. The van der Waals surface area contributed by atoms with E-state index in [0.29, 0.717) is 43.5 Å². The molecule has 0 unspecified atom stereocenters. The quantitative estimate of drug-likeness (QED) is 0.833. The van der Waals surface area contributed by atoms with Crippen LogP contribution < -0.4 is 20.1 Å². The van der Waals surface area contributed by atoms with E-state index in [2.05, 4.69) is 15.7 Å². The van der Waals surface area contributed by atoms with Crippen molar-refractivity contribution in [2.45, 2.75) is 19.6 Å². The second-order valence-corrected chi connectivity index (χ2v) is 5.62. The highest BCUT2D eigenvalue weighted by molar-refractivity contribution is 5.89. The van der Waals surface area contributed by atoms with Crippen molar-refractivity contribution in [1.29, 1.82) is 0 Å². The monoisotopic (exact) mass is 346 g/mol. The number of benzene rings is 1. The standard InChI is InChI=1S/C17H22N4O4/c1-23-14-7-13(8-15(9-14)24-2)20-17(22)18-4-5-21-16-3-6-25-11-12(16)10-19-21/h7-10H,3-6,11H2,1-2H3,(H2,18,20,22). The fraction of sp³-hybridized carbons (Fsp3) is 0.412. The fourth-order valence-corrected chi connectivity index (χ4v) is 2.73. The maximum atomic E-state index is 12.1. The third-order valence-corrected chi connectivity index (χ3v) is 3.99. The molecule has 0 spiro atoms. The van der Waals surface area contributed by atoms with Crippen molar-refractivity contribution in [2.75, 3.05) is 32.7 Å². The van der Waals surface area contributed by atoms with E-state index in [9.17, 15) is 4.79 Å². The van der Waals surface area contributed by atoms with Gasteiger partial charge in [0.15, 0.2) is 0 Å². The first-order chi connectivity index (χ1) is 12.2. The first-order valence-electron chi connectivity index (χ1n) is 8.09. The number of hydrogen-bond acceptors (Lipinski definition) is 5. The molecule has 0 aliphatic carbocycles. The smallest absolute Gasteiger partial charge is 0.319 e. The van der Waals surface area contributed by atoms with Crippen LogP contribution in [0.2, 0.25) is 0 Å². The van der Waals surface area contributed by atoms with E-state index < -0.39 is 0 Å². The summed E-state index contributed by atoms with van der Waals surface area (Å²) >= 11 is 0. The summed E-state index contributed by atoms with van der Waals surface area (Å²) in [6, 6.07) is 4.91. The SMILES string of the molecule is COc1cc(NC(=O)NCCn2ncc3c2CCOC3)cc(OC)c1. The Hall–Kier alpha value is -2.74. The van der Waals surface area contributed by atoms with E-state index in [0.717, 1.165) is 12.0 Å². The summed E-state index contributed by atoms with van der Waals surface area (Å²) < 4.78 is 17.7. The highest BCUT2D eigenvalue weighted by Gasteiger charge is 2.15. The van der Waals surface area contributed by atoms with Crippen LogP contribution in [0, 0.1) is 0 Å². The number of fused-ring (bicyclic) bond motifs is 1. The average Bonchev–Trinajstić information content (AvgIpc) is 3.04. The van der Waals surface area contributed by atoms with Crippen LogP contribution in [0.1, 0.15) is 11.3 Å². The van der Waals surface area contributed by atoms with Crippen molar-refractivity contribution in [1.82, 2.24) is 15.1 Å². The molecule has 0 fully saturated rings. The summed E-state index contributed by atoms with van der Waals surface area (Å²) in [5.41, 5.74) is 2.91. The lowest BCUT2D eigenvalue weighted by Crippen LogP contribution is -2.32. The number of urea groups is 1. The number of hydrogen-bond donors (Lipinski definition) is 2. The third-order valence-electron chi connectivity index (χ3n) is 3.99. The molecule has 8 heteroatoms. The van der Waals surface area contributed by atoms with Crippen LogP contribution in [-0.2, 0) is 24.3 Å². The van der Waals surface area contributed by atoms with E-state index in [1.165, 1.54) is 5.69 Å². The lowest BCUT2D eigenvalue weighted by molar-refractivity contribution is 0.109. The zero-order chi connectivity index (χ0) is 17.6. The zero-order valence-electron chi connectivity index (χ0n) is 14.4. The summed E-state index contributed by atoms with van der Waals surface area (Å²) in [6.07, 6.45) is 2.68. The van der Waals surface area contributed by atoms with Gasteiger partial charge in [-0.1, -0.05) is 0 Å². The number of anilines is 1. The molecule has 3 rings (SSSR count). The molecule has 1 aliphatic heterocycles. The number of amides is 2. The minimum absolute atomic E-state index is 0.292. The van der Waals surface area contributed by atoms with Crippen LogP contribution in [0.5, 0.6) is 11.5 Å². The highest BCUT2D eigenvalue weighted by Crippen LogP contribution is 2.25. The maximum Gasteiger partial charge on any atom is 0.319 e. The Morgan fingerprint density at radius 2 is 2.04 bits per heavy atom. The molecule has 2 aromatic rings. The number of aromatic nitrogens is 2. The van der Waals surface area contributed by atoms with Crippen LogP contribution in [0.15, 0.2) is 24.4 Å². The number of carbonyl (C=O) groups excluding carboxylic acids is 1. The second kappa shape index (κ2) is 7.89. The van der Waals surface area contributed by atoms with Gasteiger partial charge in [-0.3, -0.25) is 4.68 Å². The Kier molecular flexibility index (Phi) is 5.39. The van der Waals surface area contributed by atoms with E-state index >= 15 is 0 Å². The summed E-state index contributed by atoms with van der Waals surface area (Å²) in [6.45, 7) is 2.41. The van der Waals surface area contributed by atoms with E-state index in [-0.39, 0.29) is 6.03 Å². The van der Waals surface area contributed by atoms with Crippen molar-refractivity contribution in [3.63, 3.8) is 0 Å². The normalized spacial score (nSPS) is 13.0. The number of rotatable bonds is 6. The number of nitrogens with zero attached hydrogens (tertiary/aromatic N) is 2. The van der Waals surface area contributed by atoms with Gasteiger partial charge in [0.25, 0.3) is 0 Å². The van der Waals surface area contributed by atoms with Gasteiger partial charge in [0.2, 0.25) is 0 Å². The van der Waals surface area contributed by atoms with Crippen molar-refractivity contribution in [3.8, 4) is 11.5 Å². The fourth-order valence-electron chi connectivity index (χ4n) is 2.73. The minimum atomic E-state index is -0.292. The molecule has 2 heterocycles. The third kappa shape index (κ3) is 4.21. The Morgan fingerprint density at radius 3 is 2.76 bits per heavy atom. The van der Waals surface area contributed by atoms with Crippen LogP contribution in [-0.4, -0.2) is 43.2 Å². The van der Waals surface area contributed by atoms with Gasteiger partial charge in [0.05, 0.1) is 40.2 Å². The van der Waals surface area contributed by atoms with Gasteiger partial charge in [-0.05, 0) is 0 Å². The topological polar surface area (TPSA) is 86.6 Å². The molecule has 1 aromatic carbocycles. The largest absolute Gasteiger partial charge is 0.497 e. The van der Waals surface area contributed by atoms with Crippen LogP contribution in [0.3, 0.4) is 0 Å². The van der Waals surface area contributed by atoms with Gasteiger partial charge in [-0.2, -0.15) is 5.10 Å². The molecule has 2 N–H and O–H groups in total. The maximum absolute atomic E-state index is 12.1. The van der Waals surface area contributed by atoms with Crippen molar-refractivity contribution in [3.05, 3.63) is 35.7 Å². The number of carbonyl (C=O) groups is 1. The van der Waals surface area contributed by atoms with Crippen LogP contribution >= 0.6 is 0 Å². The molecule has 1 aromatic heterocycles. The number of nitrogens with one attached hydrogen (secondary N) is 2. The lowest BCUT2D eigenvalue weighted by Gasteiger charge is -2.15. The Balaban J connectivity index is 1.52. The number of methoxy groups -OCH3 is 2. The van der Waals surface area contributed by atoms with E-state index in [1.807, 2.05) is 10.9 Å². The molecular formula is C17H22N4O4. The second-order valence-electron chi connectivity index (χ2n) is 5.62. The van der Waals surface area contributed by atoms with Crippen LogP contribution in [0.4, 0.5) is 10.5 Å². The summed E-state index contributed by atoms with van der Waals surface area (Å²) in [5.74, 6) is 1.22. The zero-order valence-corrected chi connectivity index (χ0v) is 14.4. The summed E-state index contributed by atoms with van der Waals surface area (Å²) in [5, 5.41) is 9.96. The molecule has 0 saturated heterocycles. The van der Waals surface area contributed by atoms with Gasteiger partial charge in [-0.25, -0.2) is 4.79 Å². The lowest BCUT2D eigenvalue weighted by atomic mass is 10.2. The van der Waals surface area contributed by atoms with Gasteiger partial charge in [0, 0.05) is 48.1 Å². The molecule has 0 bridgehead atoms. The van der Waals surface area contributed by atoms with Crippen LogP contribution in [0.25, 0.3) is 0 Å². The molecule has 0 atom stereocenters. The number of ether oxygens (including phenoxy) is 3. The van der Waals surface area contributed by atoms with Crippen molar-refractivity contribution >= 4 is 11.7 Å². The average molecular weight is 346 g/mol. The van der Waals surface area contributed by atoms with E-state index in [4.69, 9.17) is 14.2 Å². The van der Waals surface area contributed by atoms with Gasteiger partial charge < -0.3 is 24.8 Å². The van der Waals surface area contributed by atoms with Crippen molar-refractivity contribution < 1.29 is 19.0 Å². The predicted molar refractivity (Wildman–Crippen MR) is 92.2 cm³/mol. The van der Waals surface area contributed by atoms with Gasteiger partial charge in [-0.15, -0.1) is 0 Å². The Bertz CT molecular complexity index is 722. The van der Waals surface area contributed by atoms with E-state index in [1.54, 1.807) is 32.4 Å². The van der Waals surface area contributed by atoms with Gasteiger partial charge >= 0.3 is 6.03 Å². The van der Waals surface area contributed by atoms with Gasteiger partial charge in [0.1, 0.15) is 11.5 Å². The molecule has 0 saturated carbocycles. The van der Waals surface area contributed by atoms with Crippen molar-refractivity contribution in [2.24, 2.45) is 0 Å². The molecule has 8 nitrogen and oxygen atoms in total. The predicted octanol–water partition coefficient (Wildman–Crippen LogP) is 1.79. The molecule has 2 amide bonds. The highest BCUT2D eigenvalue weighted by atomic mass is 16.5. The summed E-state index contributed by atoms with van der Waals surface area (Å²) in [4.78, 5) is 12.1. The summed E-state index contributed by atoms with van der Waals surface area (Å²) in [7, 11) is 3.13. The molecule has 1 aliphatic rings. The molecular weight excluding hydrogens is 324 g/mol.